The molecule has 1 amide bonds. The monoisotopic (exact) mass is 244 g/mol. The molecule has 1 heterocycles. The maximum absolute atomic E-state index is 11.8. The summed E-state index contributed by atoms with van der Waals surface area (Å²) in [5.74, 6) is 0. The van der Waals surface area contributed by atoms with Crippen LogP contribution in [0, 0.1) is 0 Å². The summed E-state index contributed by atoms with van der Waals surface area (Å²) in [6.45, 7) is 10.9. The van der Waals surface area contributed by atoms with E-state index >= 15 is 0 Å². The van der Waals surface area contributed by atoms with Crippen molar-refractivity contribution in [1.29, 1.82) is 0 Å². The van der Waals surface area contributed by atoms with Gasteiger partial charge in [-0.25, -0.2) is 4.79 Å². The molecule has 0 radical (unpaired) electrons. The Balaban J connectivity index is 0.00000121. The van der Waals surface area contributed by atoms with Crippen LogP contribution in [0.4, 0.5) is 4.79 Å². The van der Waals surface area contributed by atoms with Gasteiger partial charge in [-0.2, -0.15) is 0 Å². The molecule has 4 nitrogen and oxygen atoms in total. The topological polar surface area (TPSA) is 55.6 Å². The van der Waals surface area contributed by atoms with E-state index < -0.39 is 5.60 Å². The summed E-state index contributed by atoms with van der Waals surface area (Å²) >= 11 is 0. The molecule has 102 valence electrons. The first-order valence-electron chi connectivity index (χ1n) is 6.64. The van der Waals surface area contributed by atoms with E-state index in [1.807, 2.05) is 34.6 Å². The average Bonchev–Trinajstić information content (AvgIpc) is 2.29. The lowest BCUT2D eigenvalue weighted by Gasteiger charge is -2.36. The molecule has 1 saturated heterocycles. The van der Waals surface area contributed by atoms with Crippen LogP contribution in [0.2, 0.25) is 0 Å². The number of likely N-dealkylation sites (tertiary alicyclic amines) is 1. The molecule has 1 unspecified atom stereocenters. The van der Waals surface area contributed by atoms with Crippen LogP contribution in [-0.2, 0) is 4.74 Å². The van der Waals surface area contributed by atoms with Crippen molar-refractivity contribution in [2.75, 3.05) is 13.1 Å². The van der Waals surface area contributed by atoms with Gasteiger partial charge in [-0.15, -0.1) is 0 Å². The van der Waals surface area contributed by atoms with E-state index in [1.165, 1.54) is 0 Å². The zero-order valence-corrected chi connectivity index (χ0v) is 12.0. The minimum atomic E-state index is -0.423. The Morgan fingerprint density at radius 2 is 1.94 bits per heavy atom. The highest BCUT2D eigenvalue weighted by molar-refractivity contribution is 5.68. The maximum Gasteiger partial charge on any atom is 0.410 e. The normalized spacial score (nSPS) is 20.4. The average molecular weight is 244 g/mol. The third-order valence-electron chi connectivity index (χ3n) is 2.53. The van der Waals surface area contributed by atoms with E-state index in [4.69, 9.17) is 10.5 Å². The highest BCUT2D eigenvalue weighted by Crippen LogP contribution is 2.19. The van der Waals surface area contributed by atoms with Crippen molar-refractivity contribution in [2.45, 2.75) is 65.5 Å². The van der Waals surface area contributed by atoms with Gasteiger partial charge in [0.05, 0.1) is 0 Å². The van der Waals surface area contributed by atoms with Gasteiger partial charge < -0.3 is 15.4 Å². The summed E-state index contributed by atoms with van der Waals surface area (Å²) in [6, 6.07) is 0.161. The Labute approximate surface area is 105 Å². The van der Waals surface area contributed by atoms with Crippen LogP contribution in [0.3, 0.4) is 0 Å². The zero-order chi connectivity index (χ0) is 13.5. The molecule has 1 atom stereocenters. The number of piperidine rings is 1. The van der Waals surface area contributed by atoms with Crippen LogP contribution in [0.25, 0.3) is 0 Å². The molecule has 1 fully saturated rings. The van der Waals surface area contributed by atoms with Crippen molar-refractivity contribution in [3.63, 3.8) is 0 Å². The lowest BCUT2D eigenvalue weighted by Crippen LogP contribution is -2.49. The van der Waals surface area contributed by atoms with Crippen molar-refractivity contribution < 1.29 is 9.53 Å². The summed E-state index contributed by atoms with van der Waals surface area (Å²) in [7, 11) is 0. The van der Waals surface area contributed by atoms with Crippen molar-refractivity contribution >= 4 is 6.09 Å². The number of rotatable bonds is 1. The molecule has 1 rings (SSSR count). The van der Waals surface area contributed by atoms with Gasteiger partial charge in [-0.05, 0) is 40.0 Å². The lowest BCUT2D eigenvalue weighted by molar-refractivity contribution is 0.0109. The minimum Gasteiger partial charge on any atom is -0.444 e. The Bertz CT molecular complexity index is 224. The molecular weight excluding hydrogens is 216 g/mol. The molecular formula is C13H28N2O2. The van der Waals surface area contributed by atoms with Crippen LogP contribution in [0.1, 0.15) is 53.9 Å². The predicted octanol–water partition coefficient (Wildman–Crippen LogP) is 2.76. The van der Waals surface area contributed by atoms with E-state index in [0.29, 0.717) is 6.54 Å². The molecule has 2 N–H and O–H groups in total. The standard InChI is InChI=1S/C11H22N2O2.C2H6/c1-11(2,3)15-10(14)13-7-5-4-6-9(13)8-12;1-2/h9H,4-8,12H2,1-3H3;1-2H3. The minimum absolute atomic E-state index is 0.161. The number of nitrogens with two attached hydrogens (primary N) is 1. The number of hydrogen-bond donors (Lipinski definition) is 1. The Hall–Kier alpha value is -0.770. The van der Waals surface area contributed by atoms with E-state index in [-0.39, 0.29) is 12.1 Å². The molecule has 0 aliphatic carbocycles. The Kier molecular flexibility index (Phi) is 7.19. The van der Waals surface area contributed by atoms with E-state index in [1.54, 1.807) is 4.90 Å². The van der Waals surface area contributed by atoms with E-state index in [0.717, 1.165) is 25.8 Å². The second kappa shape index (κ2) is 7.54. The van der Waals surface area contributed by atoms with Crippen molar-refractivity contribution in [3.05, 3.63) is 0 Å². The summed E-state index contributed by atoms with van der Waals surface area (Å²) in [4.78, 5) is 13.6. The van der Waals surface area contributed by atoms with Crippen LogP contribution in [0.15, 0.2) is 0 Å². The molecule has 4 heteroatoms. The highest BCUT2D eigenvalue weighted by Gasteiger charge is 2.29. The van der Waals surface area contributed by atoms with Crippen molar-refractivity contribution in [1.82, 2.24) is 4.90 Å². The maximum atomic E-state index is 11.8. The van der Waals surface area contributed by atoms with E-state index in [2.05, 4.69) is 0 Å². The molecule has 0 saturated carbocycles. The van der Waals surface area contributed by atoms with Gasteiger partial charge in [0, 0.05) is 19.1 Å². The molecule has 1 aliphatic heterocycles. The first-order chi connectivity index (χ1) is 7.94. The number of carbonyl (C=O) groups is 1. The van der Waals surface area contributed by atoms with Gasteiger partial charge in [-0.3, -0.25) is 0 Å². The smallest absolute Gasteiger partial charge is 0.410 e. The second-order valence-corrected chi connectivity index (χ2v) is 5.06. The first kappa shape index (κ1) is 16.2. The lowest BCUT2D eigenvalue weighted by atomic mass is 10.0. The number of carbonyl (C=O) groups excluding carboxylic acids is 1. The summed E-state index contributed by atoms with van der Waals surface area (Å²) in [5, 5.41) is 0. The summed E-state index contributed by atoms with van der Waals surface area (Å²) in [6.07, 6.45) is 2.98. The number of hydrogen-bond acceptors (Lipinski definition) is 3. The van der Waals surface area contributed by atoms with Crippen LogP contribution in [0.5, 0.6) is 0 Å². The van der Waals surface area contributed by atoms with Gasteiger partial charge >= 0.3 is 6.09 Å². The first-order valence-corrected chi connectivity index (χ1v) is 6.64. The third kappa shape index (κ3) is 5.91. The second-order valence-electron chi connectivity index (χ2n) is 5.06. The number of ether oxygens (including phenoxy) is 1. The Morgan fingerprint density at radius 1 is 1.35 bits per heavy atom. The molecule has 0 bridgehead atoms. The third-order valence-corrected chi connectivity index (χ3v) is 2.53. The van der Waals surface area contributed by atoms with Gasteiger partial charge in [0.2, 0.25) is 0 Å². The van der Waals surface area contributed by atoms with Crippen molar-refractivity contribution in [2.24, 2.45) is 5.73 Å². The van der Waals surface area contributed by atoms with Gasteiger partial charge in [0.15, 0.2) is 0 Å². The van der Waals surface area contributed by atoms with Gasteiger partial charge in [-0.1, -0.05) is 13.8 Å². The highest BCUT2D eigenvalue weighted by atomic mass is 16.6. The van der Waals surface area contributed by atoms with Gasteiger partial charge in [0.1, 0.15) is 5.60 Å². The Morgan fingerprint density at radius 3 is 2.41 bits per heavy atom. The zero-order valence-electron chi connectivity index (χ0n) is 12.0. The van der Waals surface area contributed by atoms with Crippen LogP contribution in [-0.4, -0.2) is 35.7 Å². The molecule has 0 aromatic heterocycles. The summed E-state index contributed by atoms with van der Waals surface area (Å²) < 4.78 is 5.34. The summed E-state index contributed by atoms with van der Waals surface area (Å²) in [5.41, 5.74) is 5.22. The molecule has 0 spiro atoms. The molecule has 17 heavy (non-hydrogen) atoms. The van der Waals surface area contributed by atoms with Crippen molar-refractivity contribution in [3.8, 4) is 0 Å². The molecule has 1 aliphatic rings. The number of nitrogens with zero attached hydrogens (tertiary/aromatic N) is 1. The van der Waals surface area contributed by atoms with Crippen LogP contribution < -0.4 is 5.73 Å². The quantitative estimate of drug-likeness (QED) is 0.771. The fraction of sp³-hybridized carbons (Fsp3) is 0.923. The fourth-order valence-corrected chi connectivity index (χ4v) is 1.81. The van der Waals surface area contributed by atoms with E-state index in [9.17, 15) is 4.79 Å². The fourth-order valence-electron chi connectivity index (χ4n) is 1.81. The molecule has 0 aromatic carbocycles. The van der Waals surface area contributed by atoms with Crippen LogP contribution >= 0.6 is 0 Å². The molecule has 0 aromatic rings. The number of amides is 1. The van der Waals surface area contributed by atoms with Gasteiger partial charge in [0.25, 0.3) is 0 Å². The largest absolute Gasteiger partial charge is 0.444 e. The predicted molar refractivity (Wildman–Crippen MR) is 71.0 cm³/mol. The SMILES string of the molecule is CC.CC(C)(C)OC(=O)N1CCCCC1CN.